The molecule has 1 aliphatic rings. The van der Waals surface area contributed by atoms with Gasteiger partial charge in [0, 0.05) is 4.90 Å². The molecule has 140 valence electrons. The van der Waals surface area contributed by atoms with Gasteiger partial charge in [0.1, 0.15) is 12.0 Å². The first-order valence-electron chi connectivity index (χ1n) is 9.31. The van der Waals surface area contributed by atoms with E-state index in [-0.39, 0.29) is 5.41 Å². The predicted octanol–water partition coefficient (Wildman–Crippen LogP) is 6.47. The molecule has 0 saturated carbocycles. The third-order valence-corrected chi connectivity index (χ3v) is 5.59. The number of rotatable bonds is 8. The Morgan fingerprint density at radius 3 is 2.73 bits per heavy atom. The van der Waals surface area contributed by atoms with E-state index in [1.807, 2.05) is 11.8 Å². The molecule has 0 unspecified atom stereocenters. The number of benzene rings is 1. The van der Waals surface area contributed by atoms with Crippen LogP contribution >= 0.6 is 11.8 Å². The monoisotopic (exact) mass is 370 g/mol. The van der Waals surface area contributed by atoms with Crippen LogP contribution in [0, 0.1) is 5.41 Å². The highest BCUT2D eigenvalue weighted by Gasteiger charge is 2.24. The van der Waals surface area contributed by atoms with E-state index in [1.54, 1.807) is 13.2 Å². The Morgan fingerprint density at radius 1 is 1.23 bits per heavy atom. The molecular formula is C23H30O2S. The number of allylic oxidation sites excluding steroid dienone is 5. The molecule has 2 nitrogen and oxygen atoms in total. The maximum absolute atomic E-state index is 10.8. The van der Waals surface area contributed by atoms with Gasteiger partial charge in [0.15, 0.2) is 0 Å². The summed E-state index contributed by atoms with van der Waals surface area (Å²) in [6.45, 7) is 6.71. The van der Waals surface area contributed by atoms with Crippen LogP contribution in [0.1, 0.15) is 52.0 Å². The third kappa shape index (κ3) is 6.21. The molecule has 0 aromatic heterocycles. The minimum atomic E-state index is 0.181. The molecule has 1 aliphatic carbocycles. The second kappa shape index (κ2) is 9.82. The molecule has 0 fully saturated rings. The lowest BCUT2D eigenvalue weighted by Crippen LogP contribution is -2.16. The first-order chi connectivity index (χ1) is 12.5. The van der Waals surface area contributed by atoms with Crippen LogP contribution in [0.2, 0.25) is 0 Å². The van der Waals surface area contributed by atoms with Crippen molar-refractivity contribution in [3.05, 3.63) is 53.1 Å². The van der Waals surface area contributed by atoms with Gasteiger partial charge in [-0.2, -0.15) is 0 Å². The predicted molar refractivity (Wildman–Crippen MR) is 113 cm³/mol. The molecule has 0 heterocycles. The van der Waals surface area contributed by atoms with Crippen molar-refractivity contribution in [1.29, 1.82) is 0 Å². The number of unbranched alkanes of at least 4 members (excludes halogenated alkanes) is 1. The molecule has 26 heavy (non-hydrogen) atoms. The van der Waals surface area contributed by atoms with E-state index in [4.69, 9.17) is 4.74 Å². The van der Waals surface area contributed by atoms with Crippen LogP contribution in [0.4, 0.5) is 0 Å². The summed E-state index contributed by atoms with van der Waals surface area (Å²) >= 11 is 1.86. The third-order valence-electron chi connectivity index (χ3n) is 4.45. The molecule has 2 rings (SSSR count). The lowest BCUT2D eigenvalue weighted by molar-refractivity contribution is -0.104. The van der Waals surface area contributed by atoms with E-state index >= 15 is 0 Å². The van der Waals surface area contributed by atoms with E-state index in [1.165, 1.54) is 23.3 Å². The highest BCUT2D eigenvalue weighted by atomic mass is 32.2. The number of aldehydes is 1. The van der Waals surface area contributed by atoms with Gasteiger partial charge in [0.2, 0.25) is 0 Å². The largest absolute Gasteiger partial charge is 0.496 e. The minimum Gasteiger partial charge on any atom is -0.496 e. The highest BCUT2D eigenvalue weighted by Crippen LogP contribution is 2.38. The molecule has 0 N–H and O–H groups in total. The number of ether oxygens (including phenoxy) is 1. The molecule has 0 radical (unpaired) electrons. The first-order valence-corrected chi connectivity index (χ1v) is 10.3. The van der Waals surface area contributed by atoms with Crippen molar-refractivity contribution < 1.29 is 9.53 Å². The standard InChI is InChI=1S/C23H30O2S/c1-5-6-13-26-22-10-9-18(15-21(22)25-4)7-8-19-14-20(11-12-24)17-23(2,3)16-19/h7-12,14-15H,5-6,13,16-17H2,1-4H3/b8-7+,20-11-. The summed E-state index contributed by atoms with van der Waals surface area (Å²) in [5.41, 5.74) is 3.68. The number of hydrogen-bond donors (Lipinski definition) is 0. The summed E-state index contributed by atoms with van der Waals surface area (Å²) in [5, 5.41) is 0. The summed E-state index contributed by atoms with van der Waals surface area (Å²) in [4.78, 5) is 12.0. The fourth-order valence-corrected chi connectivity index (χ4v) is 4.35. The first kappa shape index (κ1) is 20.6. The molecule has 0 aliphatic heterocycles. The van der Waals surface area contributed by atoms with E-state index in [9.17, 15) is 4.79 Å². The summed E-state index contributed by atoms with van der Waals surface area (Å²) in [6.07, 6.45) is 13.4. The van der Waals surface area contributed by atoms with Gasteiger partial charge in [-0.05, 0) is 65.3 Å². The summed E-state index contributed by atoms with van der Waals surface area (Å²) in [7, 11) is 1.73. The smallest absolute Gasteiger partial charge is 0.143 e. The second-order valence-electron chi connectivity index (χ2n) is 7.56. The molecule has 1 aromatic rings. The fourth-order valence-electron chi connectivity index (χ4n) is 3.25. The number of carbonyl (C=O) groups is 1. The van der Waals surface area contributed by atoms with Crippen molar-refractivity contribution in [3.8, 4) is 5.75 Å². The van der Waals surface area contributed by atoms with Crippen molar-refractivity contribution >= 4 is 24.1 Å². The Balaban J connectivity index is 2.16. The van der Waals surface area contributed by atoms with E-state index in [0.29, 0.717) is 0 Å². The van der Waals surface area contributed by atoms with Crippen LogP contribution in [-0.4, -0.2) is 19.1 Å². The molecule has 3 heteroatoms. The average Bonchev–Trinajstić information content (AvgIpc) is 2.60. The number of thioether (sulfide) groups is 1. The topological polar surface area (TPSA) is 26.3 Å². The van der Waals surface area contributed by atoms with Crippen LogP contribution in [0.25, 0.3) is 6.08 Å². The van der Waals surface area contributed by atoms with Gasteiger partial charge in [-0.15, -0.1) is 11.8 Å². The fraction of sp³-hybridized carbons (Fsp3) is 0.435. The van der Waals surface area contributed by atoms with E-state index in [2.05, 4.69) is 57.2 Å². The Morgan fingerprint density at radius 2 is 2.04 bits per heavy atom. The summed E-state index contributed by atoms with van der Waals surface area (Å²) < 4.78 is 5.57. The molecule has 0 bridgehead atoms. The molecule has 0 atom stereocenters. The van der Waals surface area contributed by atoms with Crippen LogP contribution in [0.15, 0.2) is 52.5 Å². The Bertz CT molecular complexity index is 711. The van der Waals surface area contributed by atoms with Crippen LogP contribution in [0.5, 0.6) is 5.75 Å². The zero-order chi connectivity index (χ0) is 19.0. The Labute approximate surface area is 162 Å². The van der Waals surface area contributed by atoms with Gasteiger partial charge >= 0.3 is 0 Å². The molecule has 0 spiro atoms. The minimum absolute atomic E-state index is 0.181. The average molecular weight is 371 g/mol. The van der Waals surface area contributed by atoms with Crippen molar-refractivity contribution in [2.75, 3.05) is 12.9 Å². The Kier molecular flexibility index (Phi) is 7.77. The Hall–Kier alpha value is -1.74. The van der Waals surface area contributed by atoms with Gasteiger partial charge in [0.25, 0.3) is 0 Å². The van der Waals surface area contributed by atoms with Crippen LogP contribution < -0.4 is 4.74 Å². The number of methoxy groups -OCH3 is 1. The maximum Gasteiger partial charge on any atom is 0.143 e. The van der Waals surface area contributed by atoms with Gasteiger partial charge in [-0.1, -0.05) is 51.5 Å². The SMILES string of the molecule is CCCCSc1ccc(/C=C/C2=CC(=C/C=O)/CC(C)(C)C2)cc1OC. The molecule has 0 saturated heterocycles. The second-order valence-corrected chi connectivity index (χ2v) is 8.70. The lowest BCUT2D eigenvalue weighted by atomic mass is 9.75. The molecule has 0 amide bonds. The quantitative estimate of drug-likeness (QED) is 0.227. The lowest BCUT2D eigenvalue weighted by Gasteiger charge is -2.30. The van der Waals surface area contributed by atoms with Crippen molar-refractivity contribution in [2.24, 2.45) is 5.41 Å². The normalized spacial score (nSPS) is 18.2. The van der Waals surface area contributed by atoms with Crippen molar-refractivity contribution in [3.63, 3.8) is 0 Å². The number of carbonyl (C=O) groups excluding carboxylic acids is 1. The van der Waals surface area contributed by atoms with E-state index in [0.717, 1.165) is 41.8 Å². The molecular weight excluding hydrogens is 340 g/mol. The zero-order valence-corrected chi connectivity index (χ0v) is 17.2. The summed E-state index contributed by atoms with van der Waals surface area (Å²) in [6, 6.07) is 6.39. The molecule has 1 aromatic carbocycles. The van der Waals surface area contributed by atoms with Gasteiger partial charge in [0.05, 0.1) is 7.11 Å². The number of hydrogen-bond acceptors (Lipinski definition) is 3. The van der Waals surface area contributed by atoms with Gasteiger partial charge < -0.3 is 4.74 Å². The van der Waals surface area contributed by atoms with Crippen molar-refractivity contribution in [2.45, 2.75) is 51.3 Å². The maximum atomic E-state index is 10.8. The summed E-state index contributed by atoms with van der Waals surface area (Å²) in [5.74, 6) is 2.06. The van der Waals surface area contributed by atoms with Crippen LogP contribution in [-0.2, 0) is 4.79 Å². The van der Waals surface area contributed by atoms with Gasteiger partial charge in [-0.3, -0.25) is 4.79 Å². The van der Waals surface area contributed by atoms with Crippen molar-refractivity contribution in [1.82, 2.24) is 0 Å². The van der Waals surface area contributed by atoms with Crippen LogP contribution in [0.3, 0.4) is 0 Å². The van der Waals surface area contributed by atoms with E-state index < -0.39 is 0 Å². The zero-order valence-electron chi connectivity index (χ0n) is 16.4. The highest BCUT2D eigenvalue weighted by molar-refractivity contribution is 7.99. The van der Waals surface area contributed by atoms with Gasteiger partial charge in [-0.25, -0.2) is 0 Å².